The molecular weight excluding hydrogens is 376 g/mol. The molecule has 0 heterocycles. The smallest absolute Gasteiger partial charge is 0.319 e. The first-order valence-corrected chi connectivity index (χ1v) is 8.86. The number of hydrogen-bond donors (Lipinski definition) is 2. The Morgan fingerprint density at radius 2 is 1.44 bits per heavy atom. The summed E-state index contributed by atoms with van der Waals surface area (Å²) in [5, 5.41) is 6.01. The summed E-state index contributed by atoms with van der Waals surface area (Å²) in [5.74, 6) is 0. The molecule has 3 nitrogen and oxygen atoms in total. The molecule has 3 rings (SSSR count). The number of rotatable bonds is 4. The van der Waals surface area contributed by atoms with Crippen LogP contribution < -0.4 is 10.6 Å². The van der Waals surface area contributed by atoms with Gasteiger partial charge in [0.2, 0.25) is 0 Å². The third kappa shape index (κ3) is 4.48. The van der Waals surface area contributed by atoms with Crippen LogP contribution in [0.1, 0.15) is 22.7 Å². The van der Waals surface area contributed by atoms with Crippen LogP contribution in [0, 0.1) is 6.92 Å². The van der Waals surface area contributed by atoms with Gasteiger partial charge in [-0.3, -0.25) is 0 Å². The van der Waals surface area contributed by atoms with E-state index in [1.54, 1.807) is 0 Å². The second-order valence-corrected chi connectivity index (χ2v) is 6.73. The molecule has 3 aromatic rings. The molecule has 0 bridgehead atoms. The zero-order chi connectivity index (χ0) is 17.6. The highest BCUT2D eigenvalue weighted by atomic mass is 79.9. The van der Waals surface area contributed by atoms with Gasteiger partial charge >= 0.3 is 6.03 Å². The van der Waals surface area contributed by atoms with Gasteiger partial charge in [0.25, 0.3) is 0 Å². The summed E-state index contributed by atoms with van der Waals surface area (Å²) in [6, 6.07) is 25.2. The first kappa shape index (κ1) is 17.2. The lowest BCUT2D eigenvalue weighted by Crippen LogP contribution is -2.33. The molecule has 0 radical (unpaired) electrons. The molecule has 0 unspecified atom stereocenters. The monoisotopic (exact) mass is 394 g/mol. The highest BCUT2D eigenvalue weighted by Crippen LogP contribution is 2.23. The molecule has 3 aromatic carbocycles. The van der Waals surface area contributed by atoms with Gasteiger partial charge in [0, 0.05) is 10.2 Å². The van der Waals surface area contributed by atoms with E-state index in [9.17, 15) is 4.79 Å². The zero-order valence-electron chi connectivity index (χ0n) is 13.9. The number of halogens is 1. The molecule has 0 saturated heterocycles. The van der Waals surface area contributed by atoms with Gasteiger partial charge in [0.05, 0.1) is 6.04 Å². The van der Waals surface area contributed by atoms with Crippen molar-refractivity contribution in [3.05, 3.63) is 100 Å². The third-order valence-corrected chi connectivity index (χ3v) is 4.47. The molecule has 0 aromatic heterocycles. The Labute approximate surface area is 156 Å². The molecule has 0 aliphatic carbocycles. The summed E-state index contributed by atoms with van der Waals surface area (Å²) in [6.07, 6.45) is 0. The van der Waals surface area contributed by atoms with Crippen molar-refractivity contribution in [3.63, 3.8) is 0 Å². The van der Waals surface area contributed by atoms with Gasteiger partial charge in [0.15, 0.2) is 0 Å². The maximum Gasteiger partial charge on any atom is 0.319 e. The number of benzene rings is 3. The molecule has 0 fully saturated rings. The maximum atomic E-state index is 12.6. The SMILES string of the molecule is Cc1cc(Br)ccc1NC(=O)NC(c1ccccc1)c1ccccc1. The number of nitrogens with one attached hydrogen (secondary N) is 2. The summed E-state index contributed by atoms with van der Waals surface area (Å²) in [4.78, 5) is 12.6. The highest BCUT2D eigenvalue weighted by Gasteiger charge is 2.16. The topological polar surface area (TPSA) is 41.1 Å². The lowest BCUT2D eigenvalue weighted by molar-refractivity contribution is 0.250. The minimum absolute atomic E-state index is 0.210. The number of carbonyl (C=O) groups excluding carboxylic acids is 1. The van der Waals surface area contributed by atoms with Crippen molar-refractivity contribution in [2.45, 2.75) is 13.0 Å². The average Bonchev–Trinajstić information content (AvgIpc) is 2.63. The van der Waals surface area contributed by atoms with Crippen LogP contribution in [0.3, 0.4) is 0 Å². The van der Waals surface area contributed by atoms with Gasteiger partial charge in [-0.25, -0.2) is 4.79 Å². The van der Waals surface area contributed by atoms with Crippen molar-refractivity contribution in [1.82, 2.24) is 5.32 Å². The van der Waals surface area contributed by atoms with Crippen molar-refractivity contribution in [1.29, 1.82) is 0 Å². The van der Waals surface area contributed by atoms with E-state index in [0.29, 0.717) is 0 Å². The number of amides is 2. The highest BCUT2D eigenvalue weighted by molar-refractivity contribution is 9.10. The van der Waals surface area contributed by atoms with E-state index in [0.717, 1.165) is 26.9 Å². The zero-order valence-corrected chi connectivity index (χ0v) is 15.5. The molecule has 0 atom stereocenters. The van der Waals surface area contributed by atoms with Gasteiger partial charge in [0.1, 0.15) is 0 Å². The van der Waals surface area contributed by atoms with E-state index in [-0.39, 0.29) is 12.1 Å². The summed E-state index contributed by atoms with van der Waals surface area (Å²) in [6.45, 7) is 1.96. The molecular formula is C21H19BrN2O. The Kier molecular flexibility index (Phi) is 5.51. The number of anilines is 1. The Bertz CT molecular complexity index is 811. The van der Waals surface area contributed by atoms with Crippen molar-refractivity contribution in [2.24, 2.45) is 0 Å². The van der Waals surface area contributed by atoms with E-state index >= 15 is 0 Å². The molecule has 4 heteroatoms. The second-order valence-electron chi connectivity index (χ2n) is 5.81. The van der Waals surface area contributed by atoms with E-state index in [4.69, 9.17) is 0 Å². The normalized spacial score (nSPS) is 10.5. The molecule has 2 amide bonds. The van der Waals surface area contributed by atoms with Crippen molar-refractivity contribution < 1.29 is 4.79 Å². The summed E-state index contributed by atoms with van der Waals surface area (Å²) in [5.41, 5.74) is 3.87. The fourth-order valence-electron chi connectivity index (χ4n) is 2.71. The molecule has 0 aliphatic rings. The average molecular weight is 395 g/mol. The summed E-state index contributed by atoms with van der Waals surface area (Å²) < 4.78 is 0.988. The Hall–Kier alpha value is -2.59. The fourth-order valence-corrected chi connectivity index (χ4v) is 3.18. The van der Waals surface area contributed by atoms with Crippen molar-refractivity contribution in [2.75, 3.05) is 5.32 Å². The van der Waals surface area contributed by atoms with Crippen LogP contribution in [0.2, 0.25) is 0 Å². The van der Waals surface area contributed by atoms with E-state index in [1.807, 2.05) is 85.8 Å². The predicted molar refractivity (Wildman–Crippen MR) is 106 cm³/mol. The van der Waals surface area contributed by atoms with E-state index in [2.05, 4.69) is 26.6 Å². The minimum atomic E-state index is -0.233. The molecule has 126 valence electrons. The Morgan fingerprint density at radius 1 is 0.880 bits per heavy atom. The quantitative estimate of drug-likeness (QED) is 0.587. The predicted octanol–water partition coefficient (Wildman–Crippen LogP) is 5.67. The van der Waals surface area contributed by atoms with Crippen molar-refractivity contribution >= 4 is 27.6 Å². The fraction of sp³-hybridized carbons (Fsp3) is 0.0952. The number of hydrogen-bond acceptors (Lipinski definition) is 1. The third-order valence-electron chi connectivity index (χ3n) is 3.98. The van der Waals surface area contributed by atoms with Crippen LogP contribution in [-0.2, 0) is 0 Å². The van der Waals surface area contributed by atoms with Crippen LogP contribution in [0.4, 0.5) is 10.5 Å². The maximum absolute atomic E-state index is 12.6. The minimum Gasteiger partial charge on any atom is -0.327 e. The largest absolute Gasteiger partial charge is 0.327 e. The van der Waals surface area contributed by atoms with Gasteiger partial charge in [-0.05, 0) is 41.8 Å². The molecule has 25 heavy (non-hydrogen) atoms. The molecule has 2 N–H and O–H groups in total. The van der Waals surface area contributed by atoms with Crippen LogP contribution in [-0.4, -0.2) is 6.03 Å². The summed E-state index contributed by atoms with van der Waals surface area (Å²) >= 11 is 3.44. The molecule has 0 aliphatic heterocycles. The molecule has 0 saturated carbocycles. The van der Waals surface area contributed by atoms with Crippen LogP contribution in [0.15, 0.2) is 83.3 Å². The van der Waals surface area contributed by atoms with Crippen LogP contribution in [0.25, 0.3) is 0 Å². The van der Waals surface area contributed by atoms with Gasteiger partial charge in [-0.2, -0.15) is 0 Å². The number of carbonyl (C=O) groups is 1. The standard InChI is InChI=1S/C21H19BrN2O/c1-15-14-18(22)12-13-19(15)23-21(25)24-20(16-8-4-2-5-9-16)17-10-6-3-7-11-17/h2-14,20H,1H3,(H2,23,24,25). The number of aryl methyl sites for hydroxylation is 1. The van der Waals surface area contributed by atoms with E-state index in [1.165, 1.54) is 0 Å². The number of urea groups is 1. The van der Waals surface area contributed by atoms with Gasteiger partial charge < -0.3 is 10.6 Å². The first-order chi connectivity index (χ1) is 12.1. The van der Waals surface area contributed by atoms with Crippen LogP contribution >= 0.6 is 15.9 Å². The lowest BCUT2D eigenvalue weighted by Gasteiger charge is -2.20. The first-order valence-electron chi connectivity index (χ1n) is 8.07. The van der Waals surface area contributed by atoms with Gasteiger partial charge in [-0.1, -0.05) is 76.6 Å². The molecule has 0 spiro atoms. The Balaban J connectivity index is 1.82. The van der Waals surface area contributed by atoms with Crippen LogP contribution in [0.5, 0.6) is 0 Å². The van der Waals surface area contributed by atoms with E-state index < -0.39 is 0 Å². The Morgan fingerprint density at radius 3 is 1.96 bits per heavy atom. The van der Waals surface area contributed by atoms with Crippen molar-refractivity contribution in [3.8, 4) is 0 Å². The lowest BCUT2D eigenvalue weighted by atomic mass is 9.99. The summed E-state index contributed by atoms with van der Waals surface area (Å²) in [7, 11) is 0. The second kappa shape index (κ2) is 7.99. The van der Waals surface area contributed by atoms with Gasteiger partial charge in [-0.15, -0.1) is 0 Å².